The number of benzene rings is 2. The average Bonchev–Trinajstić information content (AvgIpc) is 2.75. The SMILES string of the molecule is CCCN(CCS(=O)(=O)F)CC(O)COc1ccccc1C(=O)CCc1ccccc1. The summed E-state index contributed by atoms with van der Waals surface area (Å²) in [5.74, 6) is -0.262. The van der Waals surface area contributed by atoms with Crippen molar-refractivity contribution in [3.05, 3.63) is 65.7 Å². The van der Waals surface area contributed by atoms with Gasteiger partial charge in [0.15, 0.2) is 5.78 Å². The molecule has 2 rings (SSSR count). The molecule has 0 aliphatic carbocycles. The molecule has 0 fully saturated rings. The number of hydrogen-bond donors (Lipinski definition) is 1. The van der Waals surface area contributed by atoms with Gasteiger partial charge in [0.05, 0.1) is 11.3 Å². The maximum Gasteiger partial charge on any atom is 0.303 e. The van der Waals surface area contributed by atoms with Crippen LogP contribution in [0.3, 0.4) is 0 Å². The molecule has 0 spiro atoms. The highest BCUT2D eigenvalue weighted by atomic mass is 32.3. The van der Waals surface area contributed by atoms with Gasteiger partial charge in [0.25, 0.3) is 0 Å². The van der Waals surface area contributed by atoms with Crippen LogP contribution in [0.15, 0.2) is 54.6 Å². The molecule has 0 radical (unpaired) electrons. The molecular formula is C23H30FNO5S. The minimum atomic E-state index is -4.56. The highest BCUT2D eigenvalue weighted by molar-refractivity contribution is 7.86. The Morgan fingerprint density at radius 3 is 2.45 bits per heavy atom. The molecule has 8 heteroatoms. The Morgan fingerprint density at radius 2 is 1.77 bits per heavy atom. The minimum Gasteiger partial charge on any atom is -0.490 e. The lowest BCUT2D eigenvalue weighted by atomic mass is 10.0. The predicted molar refractivity (Wildman–Crippen MR) is 119 cm³/mol. The Hall–Kier alpha value is -2.29. The molecule has 31 heavy (non-hydrogen) atoms. The molecule has 0 heterocycles. The second kappa shape index (κ2) is 12.5. The van der Waals surface area contributed by atoms with Gasteiger partial charge in [-0.25, -0.2) is 0 Å². The number of para-hydroxylation sites is 1. The van der Waals surface area contributed by atoms with E-state index in [-0.39, 0.29) is 25.5 Å². The molecule has 1 unspecified atom stereocenters. The Labute approximate surface area is 183 Å². The van der Waals surface area contributed by atoms with Crippen molar-refractivity contribution >= 4 is 16.0 Å². The monoisotopic (exact) mass is 451 g/mol. The van der Waals surface area contributed by atoms with E-state index in [1.165, 1.54) is 0 Å². The van der Waals surface area contributed by atoms with Gasteiger partial charge in [-0.3, -0.25) is 9.69 Å². The number of hydrogen-bond acceptors (Lipinski definition) is 6. The van der Waals surface area contributed by atoms with Crippen LogP contribution in [0.2, 0.25) is 0 Å². The van der Waals surface area contributed by atoms with E-state index in [1.807, 2.05) is 37.3 Å². The van der Waals surface area contributed by atoms with Crippen molar-refractivity contribution in [3.63, 3.8) is 0 Å². The number of Topliss-reactive ketones (excluding diaryl/α,β-unsaturated/α-hetero) is 1. The van der Waals surface area contributed by atoms with Crippen LogP contribution in [0, 0.1) is 0 Å². The largest absolute Gasteiger partial charge is 0.490 e. The van der Waals surface area contributed by atoms with Crippen LogP contribution in [0.25, 0.3) is 0 Å². The first-order valence-corrected chi connectivity index (χ1v) is 12.0. The average molecular weight is 452 g/mol. The van der Waals surface area contributed by atoms with Gasteiger partial charge < -0.3 is 9.84 Å². The number of ketones is 1. The normalized spacial score (nSPS) is 12.6. The summed E-state index contributed by atoms with van der Waals surface area (Å²) in [7, 11) is -4.56. The summed E-state index contributed by atoms with van der Waals surface area (Å²) in [4.78, 5) is 14.4. The Kier molecular flexibility index (Phi) is 10.1. The third kappa shape index (κ3) is 9.59. The van der Waals surface area contributed by atoms with E-state index in [0.29, 0.717) is 30.7 Å². The Balaban J connectivity index is 1.91. The second-order valence-corrected chi connectivity index (χ2v) is 8.90. The molecule has 0 aliphatic heterocycles. The van der Waals surface area contributed by atoms with Gasteiger partial charge in [0.2, 0.25) is 0 Å². The van der Waals surface area contributed by atoms with Crippen LogP contribution in [0.1, 0.15) is 35.7 Å². The summed E-state index contributed by atoms with van der Waals surface area (Å²) in [5.41, 5.74) is 1.54. The summed E-state index contributed by atoms with van der Waals surface area (Å²) in [5, 5.41) is 10.3. The summed E-state index contributed by atoms with van der Waals surface area (Å²) < 4.78 is 40.1. The van der Waals surface area contributed by atoms with Crippen LogP contribution < -0.4 is 4.74 Å². The van der Waals surface area contributed by atoms with Gasteiger partial charge in [0.1, 0.15) is 18.5 Å². The molecule has 0 amide bonds. The molecule has 0 aliphatic rings. The number of halogens is 1. The molecular weight excluding hydrogens is 421 g/mol. The molecule has 1 N–H and O–H groups in total. The topological polar surface area (TPSA) is 83.9 Å². The van der Waals surface area contributed by atoms with Gasteiger partial charge in [-0.1, -0.05) is 49.4 Å². The summed E-state index contributed by atoms with van der Waals surface area (Å²) in [6, 6.07) is 16.6. The van der Waals surface area contributed by atoms with Crippen molar-refractivity contribution in [2.45, 2.75) is 32.3 Å². The zero-order valence-corrected chi connectivity index (χ0v) is 18.6. The van der Waals surface area contributed by atoms with Gasteiger partial charge in [-0.15, -0.1) is 3.89 Å². The predicted octanol–water partition coefficient (Wildman–Crippen LogP) is 3.25. The van der Waals surface area contributed by atoms with Crippen molar-refractivity contribution in [1.82, 2.24) is 4.90 Å². The number of ether oxygens (including phenoxy) is 1. The second-order valence-electron chi connectivity index (χ2n) is 7.41. The van der Waals surface area contributed by atoms with Crippen LogP contribution in [-0.4, -0.2) is 62.3 Å². The summed E-state index contributed by atoms with van der Waals surface area (Å²) in [6.07, 6.45) is 0.787. The molecule has 0 aromatic heterocycles. The van der Waals surface area contributed by atoms with E-state index in [9.17, 15) is 22.2 Å². The Bertz CT molecular complexity index is 921. The molecule has 0 bridgehead atoms. The van der Waals surface area contributed by atoms with E-state index in [2.05, 4.69) is 0 Å². The van der Waals surface area contributed by atoms with E-state index >= 15 is 0 Å². The Morgan fingerprint density at radius 1 is 1.10 bits per heavy atom. The van der Waals surface area contributed by atoms with Gasteiger partial charge in [0, 0.05) is 19.5 Å². The first kappa shape index (κ1) is 25.0. The number of aryl methyl sites for hydroxylation is 1. The van der Waals surface area contributed by atoms with Crippen molar-refractivity contribution in [3.8, 4) is 5.75 Å². The quantitative estimate of drug-likeness (QED) is 0.351. The molecule has 0 saturated carbocycles. The van der Waals surface area contributed by atoms with Gasteiger partial charge in [-0.2, -0.15) is 8.42 Å². The van der Waals surface area contributed by atoms with Crippen LogP contribution >= 0.6 is 0 Å². The van der Waals surface area contributed by atoms with Gasteiger partial charge in [-0.05, 0) is 37.1 Å². The maximum atomic E-state index is 12.8. The molecule has 2 aromatic rings. The van der Waals surface area contributed by atoms with Crippen molar-refractivity contribution in [2.75, 3.05) is 32.0 Å². The zero-order valence-electron chi connectivity index (χ0n) is 17.7. The third-order valence-electron chi connectivity index (χ3n) is 4.76. The van der Waals surface area contributed by atoms with E-state index < -0.39 is 22.1 Å². The first-order chi connectivity index (χ1) is 14.8. The molecule has 0 saturated heterocycles. The molecule has 6 nitrogen and oxygen atoms in total. The molecule has 2 aromatic carbocycles. The fraction of sp³-hybridized carbons (Fsp3) is 0.435. The molecule has 1 atom stereocenters. The van der Waals surface area contributed by atoms with Crippen LogP contribution in [0.5, 0.6) is 5.75 Å². The van der Waals surface area contributed by atoms with E-state index in [0.717, 1.165) is 12.0 Å². The lowest BCUT2D eigenvalue weighted by Crippen LogP contribution is -2.38. The number of rotatable bonds is 14. The summed E-state index contributed by atoms with van der Waals surface area (Å²) in [6.45, 7) is 2.52. The molecule has 170 valence electrons. The van der Waals surface area contributed by atoms with Crippen molar-refractivity contribution in [1.29, 1.82) is 0 Å². The summed E-state index contributed by atoms with van der Waals surface area (Å²) >= 11 is 0. The lowest BCUT2D eigenvalue weighted by molar-refractivity contribution is 0.0692. The fourth-order valence-corrected chi connectivity index (χ4v) is 3.72. The number of aliphatic hydroxyl groups is 1. The van der Waals surface area contributed by atoms with Crippen molar-refractivity contribution < 1.29 is 26.9 Å². The smallest absolute Gasteiger partial charge is 0.303 e. The minimum absolute atomic E-state index is 0.00169. The number of nitrogens with zero attached hydrogens (tertiary/aromatic N) is 1. The van der Waals surface area contributed by atoms with Gasteiger partial charge >= 0.3 is 10.2 Å². The highest BCUT2D eigenvalue weighted by Crippen LogP contribution is 2.21. The van der Waals surface area contributed by atoms with E-state index in [1.54, 1.807) is 29.2 Å². The maximum absolute atomic E-state index is 12.8. The van der Waals surface area contributed by atoms with Crippen LogP contribution in [0.4, 0.5) is 3.89 Å². The van der Waals surface area contributed by atoms with Crippen LogP contribution in [-0.2, 0) is 16.6 Å². The lowest BCUT2D eigenvalue weighted by Gasteiger charge is -2.24. The number of carbonyl (C=O) groups is 1. The fourth-order valence-electron chi connectivity index (χ4n) is 3.25. The first-order valence-electron chi connectivity index (χ1n) is 10.4. The highest BCUT2D eigenvalue weighted by Gasteiger charge is 2.17. The number of carbonyl (C=O) groups excluding carboxylic acids is 1. The number of aliphatic hydroxyl groups excluding tert-OH is 1. The standard InChI is InChI=1S/C23H30FNO5S/c1-2-14-25(15-16-31(24,28)29)17-20(26)18-30-23-11-7-6-10-21(23)22(27)13-12-19-8-4-3-5-9-19/h3-11,20,26H,2,12-18H2,1H3. The van der Waals surface area contributed by atoms with Crippen molar-refractivity contribution in [2.24, 2.45) is 0 Å². The van der Waals surface area contributed by atoms with E-state index in [4.69, 9.17) is 4.74 Å². The zero-order chi connectivity index (χ0) is 22.7. The third-order valence-corrected chi connectivity index (χ3v) is 5.43.